The maximum absolute atomic E-state index is 12.2. The molecule has 1 rings (SSSR count). The van der Waals surface area contributed by atoms with E-state index in [1.165, 1.54) is 0 Å². The lowest BCUT2D eigenvalue weighted by Gasteiger charge is -2.42. The van der Waals surface area contributed by atoms with Crippen LogP contribution in [0.3, 0.4) is 0 Å². The van der Waals surface area contributed by atoms with Crippen LogP contribution in [0.5, 0.6) is 0 Å². The van der Waals surface area contributed by atoms with Crippen molar-refractivity contribution < 1.29 is 18.0 Å². The molecule has 1 atom stereocenters. The van der Waals surface area contributed by atoms with Crippen molar-refractivity contribution in [1.29, 1.82) is 0 Å². The van der Waals surface area contributed by atoms with Crippen LogP contribution in [0.25, 0.3) is 0 Å². The minimum Gasteiger partial charge on any atom is -0.332 e. The summed E-state index contributed by atoms with van der Waals surface area (Å²) >= 11 is 0. The van der Waals surface area contributed by atoms with Gasteiger partial charge in [-0.25, -0.2) is 0 Å². The zero-order chi connectivity index (χ0) is 12.5. The van der Waals surface area contributed by atoms with Crippen LogP contribution in [0.15, 0.2) is 0 Å². The number of alkyl halides is 3. The first-order chi connectivity index (χ1) is 7.23. The molecule has 94 valence electrons. The minimum atomic E-state index is -4.75. The van der Waals surface area contributed by atoms with E-state index >= 15 is 0 Å². The van der Waals surface area contributed by atoms with Crippen molar-refractivity contribution >= 4 is 5.91 Å². The van der Waals surface area contributed by atoms with Crippen molar-refractivity contribution in [2.75, 3.05) is 19.6 Å². The Labute approximate surface area is 93.2 Å². The number of piperazine rings is 1. The molecule has 1 aliphatic heterocycles. The van der Waals surface area contributed by atoms with E-state index in [1.54, 1.807) is 0 Å². The average molecular weight is 238 g/mol. The zero-order valence-electron chi connectivity index (χ0n) is 9.71. The van der Waals surface area contributed by atoms with Gasteiger partial charge in [-0.05, 0) is 20.8 Å². The van der Waals surface area contributed by atoms with Crippen LogP contribution in [0.1, 0.15) is 20.8 Å². The molecule has 0 aromatic rings. The molecule has 1 saturated heterocycles. The molecule has 0 aliphatic carbocycles. The van der Waals surface area contributed by atoms with Crippen molar-refractivity contribution in [2.45, 2.75) is 39.0 Å². The van der Waals surface area contributed by atoms with Gasteiger partial charge in [-0.3, -0.25) is 9.69 Å². The molecule has 1 fully saturated rings. The maximum Gasteiger partial charge on any atom is 0.471 e. The van der Waals surface area contributed by atoms with Gasteiger partial charge >= 0.3 is 12.1 Å². The molecule has 1 aliphatic rings. The van der Waals surface area contributed by atoms with Crippen molar-refractivity contribution in [3.63, 3.8) is 0 Å². The number of amides is 1. The van der Waals surface area contributed by atoms with E-state index < -0.39 is 12.1 Å². The molecule has 0 aromatic carbocycles. The largest absolute Gasteiger partial charge is 0.471 e. The molecule has 0 aromatic heterocycles. The van der Waals surface area contributed by atoms with Gasteiger partial charge in [-0.2, -0.15) is 13.2 Å². The number of carbonyl (C=O) groups is 1. The lowest BCUT2D eigenvalue weighted by molar-refractivity contribution is -0.188. The van der Waals surface area contributed by atoms with Gasteiger partial charge in [0.1, 0.15) is 0 Å². The molecule has 6 heteroatoms. The second kappa shape index (κ2) is 4.61. The van der Waals surface area contributed by atoms with Crippen LogP contribution in [-0.2, 0) is 4.79 Å². The monoisotopic (exact) mass is 238 g/mol. The van der Waals surface area contributed by atoms with E-state index in [0.29, 0.717) is 6.54 Å². The maximum atomic E-state index is 12.2. The van der Waals surface area contributed by atoms with E-state index in [1.807, 2.05) is 20.8 Å². The van der Waals surface area contributed by atoms with Crippen molar-refractivity contribution in [2.24, 2.45) is 0 Å². The van der Waals surface area contributed by atoms with Crippen molar-refractivity contribution in [1.82, 2.24) is 9.80 Å². The van der Waals surface area contributed by atoms with Crippen LogP contribution in [0.2, 0.25) is 0 Å². The minimum absolute atomic E-state index is 0.0277. The van der Waals surface area contributed by atoms with E-state index in [2.05, 4.69) is 4.90 Å². The van der Waals surface area contributed by atoms with E-state index in [9.17, 15) is 18.0 Å². The van der Waals surface area contributed by atoms with Gasteiger partial charge in [-0.15, -0.1) is 0 Å². The third-order valence-electron chi connectivity index (χ3n) is 2.87. The fourth-order valence-electron chi connectivity index (χ4n) is 2.10. The third kappa shape index (κ3) is 2.87. The van der Waals surface area contributed by atoms with E-state index in [0.717, 1.165) is 4.90 Å². The molecule has 1 heterocycles. The second-order valence-corrected chi connectivity index (χ2v) is 4.43. The Morgan fingerprint density at radius 3 is 2.25 bits per heavy atom. The highest BCUT2D eigenvalue weighted by molar-refractivity contribution is 5.82. The van der Waals surface area contributed by atoms with E-state index in [4.69, 9.17) is 0 Å². The molecule has 0 spiro atoms. The van der Waals surface area contributed by atoms with Crippen LogP contribution in [-0.4, -0.2) is 53.6 Å². The van der Waals surface area contributed by atoms with Crippen LogP contribution >= 0.6 is 0 Å². The summed E-state index contributed by atoms with van der Waals surface area (Å²) in [6, 6.07) is 0.262. The lowest BCUT2D eigenvalue weighted by Crippen LogP contribution is -2.57. The summed E-state index contributed by atoms with van der Waals surface area (Å²) in [6.45, 7) is 6.64. The van der Waals surface area contributed by atoms with Crippen LogP contribution in [0, 0.1) is 0 Å². The quantitative estimate of drug-likeness (QED) is 0.691. The molecule has 0 saturated carbocycles. The van der Waals surface area contributed by atoms with Gasteiger partial charge in [0, 0.05) is 31.7 Å². The lowest BCUT2D eigenvalue weighted by atomic mass is 10.1. The molecule has 3 nitrogen and oxygen atoms in total. The predicted molar refractivity (Wildman–Crippen MR) is 53.9 cm³/mol. The molecule has 1 amide bonds. The normalized spacial score (nSPS) is 23.9. The Morgan fingerprint density at radius 2 is 1.88 bits per heavy atom. The highest BCUT2D eigenvalue weighted by Crippen LogP contribution is 2.21. The Morgan fingerprint density at radius 1 is 1.31 bits per heavy atom. The number of rotatable bonds is 1. The highest BCUT2D eigenvalue weighted by Gasteiger charge is 2.44. The second-order valence-electron chi connectivity index (χ2n) is 4.43. The summed E-state index contributed by atoms with van der Waals surface area (Å²) in [7, 11) is 0. The summed E-state index contributed by atoms with van der Waals surface area (Å²) < 4.78 is 36.6. The first-order valence-corrected chi connectivity index (χ1v) is 5.35. The van der Waals surface area contributed by atoms with Gasteiger partial charge in [-0.1, -0.05) is 0 Å². The molecule has 0 radical (unpaired) electrons. The smallest absolute Gasteiger partial charge is 0.332 e. The first-order valence-electron chi connectivity index (χ1n) is 5.35. The van der Waals surface area contributed by atoms with Crippen molar-refractivity contribution in [3.05, 3.63) is 0 Å². The predicted octanol–water partition coefficient (Wildman–Crippen LogP) is 1.49. The molecule has 0 bridgehead atoms. The average Bonchev–Trinajstić information content (AvgIpc) is 2.14. The number of hydrogen-bond acceptors (Lipinski definition) is 2. The van der Waals surface area contributed by atoms with Gasteiger partial charge < -0.3 is 4.90 Å². The molecular weight excluding hydrogens is 221 g/mol. The first kappa shape index (κ1) is 13.3. The third-order valence-corrected chi connectivity index (χ3v) is 2.87. The number of hydrogen-bond donors (Lipinski definition) is 0. The summed E-state index contributed by atoms with van der Waals surface area (Å²) in [5, 5.41) is 0. The van der Waals surface area contributed by atoms with Gasteiger partial charge in [0.15, 0.2) is 0 Å². The van der Waals surface area contributed by atoms with Gasteiger partial charge in [0.05, 0.1) is 0 Å². The molecule has 16 heavy (non-hydrogen) atoms. The van der Waals surface area contributed by atoms with Crippen LogP contribution < -0.4 is 0 Å². The Balaban J connectivity index is 2.62. The molecular formula is C10H17F3N2O. The fraction of sp³-hybridized carbons (Fsp3) is 0.900. The van der Waals surface area contributed by atoms with Crippen LogP contribution in [0.4, 0.5) is 13.2 Å². The van der Waals surface area contributed by atoms with Crippen molar-refractivity contribution in [3.8, 4) is 0 Å². The highest BCUT2D eigenvalue weighted by atomic mass is 19.4. The van der Waals surface area contributed by atoms with Gasteiger partial charge in [0.2, 0.25) is 0 Å². The summed E-state index contributed by atoms with van der Waals surface area (Å²) in [6.07, 6.45) is -4.75. The zero-order valence-corrected chi connectivity index (χ0v) is 9.71. The number of halogens is 3. The Bertz CT molecular complexity index is 265. The Kier molecular flexibility index (Phi) is 3.83. The molecule has 0 unspecified atom stereocenters. The summed E-state index contributed by atoms with van der Waals surface area (Å²) in [5.74, 6) is -1.72. The number of nitrogens with zero attached hydrogens (tertiary/aromatic N) is 2. The topological polar surface area (TPSA) is 23.6 Å². The Hall–Kier alpha value is -0.780. The standard InChI is InChI=1S/C10H17F3N2O/c1-7(2)15-5-4-14(6-8(15)3)9(16)10(11,12)13/h7-8H,4-6H2,1-3H3/t8-/m1/s1. The summed E-state index contributed by atoms with van der Waals surface area (Å²) in [4.78, 5) is 14.0. The van der Waals surface area contributed by atoms with Gasteiger partial charge in [0.25, 0.3) is 0 Å². The molecule has 0 N–H and O–H groups in total. The van der Waals surface area contributed by atoms with E-state index in [-0.39, 0.29) is 25.2 Å². The fourth-order valence-corrected chi connectivity index (χ4v) is 2.10. The SMILES string of the molecule is CC(C)N1CCN(C(=O)C(F)(F)F)C[C@H]1C. The summed E-state index contributed by atoms with van der Waals surface area (Å²) in [5.41, 5.74) is 0. The number of carbonyl (C=O) groups excluding carboxylic acids is 1.